The number of methoxy groups -OCH3 is 1. The van der Waals surface area contributed by atoms with Gasteiger partial charge in [0.05, 0.1) is 24.7 Å². The smallest absolute Gasteiger partial charge is 0.151 e. The van der Waals surface area contributed by atoms with Crippen molar-refractivity contribution in [2.75, 3.05) is 38.2 Å². The predicted octanol–water partition coefficient (Wildman–Crippen LogP) is 0.816. The van der Waals surface area contributed by atoms with Crippen molar-refractivity contribution in [3.8, 4) is 5.75 Å². The molecule has 0 bridgehead atoms. The van der Waals surface area contributed by atoms with Crippen molar-refractivity contribution in [2.24, 2.45) is 5.73 Å². The lowest BCUT2D eigenvalue weighted by Crippen LogP contribution is -2.36. The van der Waals surface area contributed by atoms with E-state index in [1.165, 1.54) is 0 Å². The molecule has 1 aliphatic rings. The van der Waals surface area contributed by atoms with Crippen LogP contribution in [-0.2, 0) is 9.84 Å². The van der Waals surface area contributed by atoms with E-state index in [9.17, 15) is 8.42 Å². The number of rotatable bonds is 4. The summed E-state index contributed by atoms with van der Waals surface area (Å²) in [6, 6.07) is 7.78. The molecular weight excluding hydrogens is 276 g/mol. The van der Waals surface area contributed by atoms with Crippen LogP contribution in [0.3, 0.4) is 0 Å². The molecule has 2 rings (SSSR count). The molecule has 0 amide bonds. The summed E-state index contributed by atoms with van der Waals surface area (Å²) in [7, 11) is -1.27. The maximum absolute atomic E-state index is 11.7. The SMILES string of the molecule is COc1ccccc1C(CN)N1CCCS(=O)(=O)CC1. The average molecular weight is 298 g/mol. The standard InChI is InChI=1S/C14H22N2O3S/c1-19-14-6-3-2-5-12(14)13(11-15)16-7-4-9-20(17,18)10-8-16/h2-3,5-6,13H,4,7-11,15H2,1H3. The zero-order chi connectivity index (χ0) is 14.6. The van der Waals surface area contributed by atoms with Gasteiger partial charge in [-0.1, -0.05) is 18.2 Å². The second kappa shape index (κ2) is 6.56. The molecule has 1 aromatic rings. The van der Waals surface area contributed by atoms with Crippen molar-refractivity contribution in [3.05, 3.63) is 29.8 Å². The summed E-state index contributed by atoms with van der Waals surface area (Å²) in [4.78, 5) is 2.16. The number of nitrogens with two attached hydrogens (primary N) is 1. The quantitative estimate of drug-likeness (QED) is 0.891. The van der Waals surface area contributed by atoms with Crippen LogP contribution < -0.4 is 10.5 Å². The largest absolute Gasteiger partial charge is 0.496 e. The van der Waals surface area contributed by atoms with Gasteiger partial charge in [-0.25, -0.2) is 8.42 Å². The zero-order valence-electron chi connectivity index (χ0n) is 11.8. The summed E-state index contributed by atoms with van der Waals surface area (Å²) >= 11 is 0. The zero-order valence-corrected chi connectivity index (χ0v) is 12.6. The first kappa shape index (κ1) is 15.3. The van der Waals surface area contributed by atoms with E-state index in [2.05, 4.69) is 4.90 Å². The van der Waals surface area contributed by atoms with Gasteiger partial charge in [0.25, 0.3) is 0 Å². The summed E-state index contributed by atoms with van der Waals surface area (Å²) in [5, 5.41) is 0. The average Bonchev–Trinajstić information content (AvgIpc) is 2.62. The topological polar surface area (TPSA) is 72.6 Å². The lowest BCUT2D eigenvalue weighted by Gasteiger charge is -2.30. The van der Waals surface area contributed by atoms with Crippen LogP contribution in [0.15, 0.2) is 24.3 Å². The van der Waals surface area contributed by atoms with Crippen molar-refractivity contribution < 1.29 is 13.2 Å². The first-order valence-corrected chi connectivity index (χ1v) is 8.67. The first-order chi connectivity index (χ1) is 9.57. The molecule has 0 radical (unpaired) electrons. The van der Waals surface area contributed by atoms with E-state index in [0.29, 0.717) is 19.5 Å². The van der Waals surface area contributed by atoms with Gasteiger partial charge in [-0.15, -0.1) is 0 Å². The molecule has 1 aromatic carbocycles. The van der Waals surface area contributed by atoms with Gasteiger partial charge >= 0.3 is 0 Å². The van der Waals surface area contributed by atoms with Gasteiger partial charge in [-0.05, 0) is 19.0 Å². The maximum atomic E-state index is 11.7. The second-order valence-corrected chi connectivity index (χ2v) is 7.34. The van der Waals surface area contributed by atoms with Crippen LogP contribution in [0.25, 0.3) is 0 Å². The summed E-state index contributed by atoms with van der Waals surface area (Å²) in [6.07, 6.45) is 0.661. The number of sulfone groups is 1. The Kier molecular flexibility index (Phi) is 5.01. The minimum absolute atomic E-state index is 0.000509. The minimum Gasteiger partial charge on any atom is -0.496 e. The molecule has 6 heteroatoms. The molecular formula is C14H22N2O3S. The number of ether oxygens (including phenoxy) is 1. The van der Waals surface area contributed by atoms with Crippen molar-refractivity contribution in [1.82, 2.24) is 4.90 Å². The van der Waals surface area contributed by atoms with Gasteiger partial charge in [0.2, 0.25) is 0 Å². The fourth-order valence-electron chi connectivity index (χ4n) is 2.68. The summed E-state index contributed by atoms with van der Waals surface area (Å²) < 4.78 is 28.8. The van der Waals surface area contributed by atoms with Gasteiger partial charge in [0, 0.05) is 18.7 Å². The Balaban J connectivity index is 2.23. The third kappa shape index (κ3) is 3.50. The molecule has 0 spiro atoms. The number of benzene rings is 1. The van der Waals surface area contributed by atoms with Crippen LogP contribution in [0.5, 0.6) is 5.75 Å². The van der Waals surface area contributed by atoms with E-state index >= 15 is 0 Å². The molecule has 0 saturated carbocycles. The van der Waals surface area contributed by atoms with Crippen molar-refractivity contribution in [1.29, 1.82) is 0 Å². The van der Waals surface area contributed by atoms with E-state index in [-0.39, 0.29) is 17.5 Å². The Hall–Kier alpha value is -1.11. The monoisotopic (exact) mass is 298 g/mol. The molecule has 1 aliphatic heterocycles. The van der Waals surface area contributed by atoms with E-state index in [1.54, 1.807) is 7.11 Å². The predicted molar refractivity (Wildman–Crippen MR) is 79.6 cm³/mol. The third-order valence-corrected chi connectivity index (χ3v) is 5.47. The molecule has 1 unspecified atom stereocenters. The van der Waals surface area contributed by atoms with E-state index in [1.807, 2.05) is 24.3 Å². The van der Waals surface area contributed by atoms with Gasteiger partial charge in [-0.2, -0.15) is 0 Å². The lowest BCUT2D eigenvalue weighted by atomic mass is 10.0. The highest BCUT2D eigenvalue weighted by molar-refractivity contribution is 7.91. The van der Waals surface area contributed by atoms with E-state index < -0.39 is 9.84 Å². The molecule has 2 N–H and O–H groups in total. The normalized spacial score (nSPS) is 21.1. The number of nitrogens with zero attached hydrogens (tertiary/aromatic N) is 1. The highest BCUT2D eigenvalue weighted by atomic mass is 32.2. The van der Waals surface area contributed by atoms with Gasteiger partial charge < -0.3 is 10.5 Å². The van der Waals surface area contributed by atoms with Crippen LogP contribution in [0.1, 0.15) is 18.0 Å². The second-order valence-electron chi connectivity index (χ2n) is 5.03. The van der Waals surface area contributed by atoms with E-state index in [0.717, 1.165) is 17.9 Å². The molecule has 1 atom stereocenters. The van der Waals surface area contributed by atoms with Gasteiger partial charge in [0.1, 0.15) is 5.75 Å². The summed E-state index contributed by atoms with van der Waals surface area (Å²) in [6.45, 7) is 1.72. The van der Waals surface area contributed by atoms with Crippen molar-refractivity contribution >= 4 is 9.84 Å². The Bertz CT molecular complexity index is 545. The third-order valence-electron chi connectivity index (χ3n) is 3.75. The van der Waals surface area contributed by atoms with Crippen LogP contribution in [0, 0.1) is 0 Å². The van der Waals surface area contributed by atoms with Gasteiger partial charge in [-0.3, -0.25) is 4.90 Å². The molecule has 1 heterocycles. The van der Waals surface area contributed by atoms with E-state index in [4.69, 9.17) is 10.5 Å². The highest BCUT2D eigenvalue weighted by Gasteiger charge is 2.26. The van der Waals surface area contributed by atoms with Crippen molar-refractivity contribution in [2.45, 2.75) is 12.5 Å². The highest BCUT2D eigenvalue weighted by Crippen LogP contribution is 2.29. The number of hydrogen-bond donors (Lipinski definition) is 1. The molecule has 1 saturated heterocycles. The summed E-state index contributed by atoms with van der Waals surface area (Å²) in [5.41, 5.74) is 6.96. The van der Waals surface area contributed by atoms with Crippen LogP contribution >= 0.6 is 0 Å². The fourth-order valence-corrected chi connectivity index (χ4v) is 3.97. The maximum Gasteiger partial charge on any atom is 0.151 e. The van der Waals surface area contributed by atoms with Crippen LogP contribution in [0.4, 0.5) is 0 Å². The van der Waals surface area contributed by atoms with Crippen LogP contribution in [0.2, 0.25) is 0 Å². The Morgan fingerprint density at radius 3 is 2.75 bits per heavy atom. The molecule has 1 fully saturated rings. The Morgan fingerprint density at radius 1 is 1.30 bits per heavy atom. The molecule has 5 nitrogen and oxygen atoms in total. The van der Waals surface area contributed by atoms with Crippen LogP contribution in [-0.4, -0.2) is 51.6 Å². The lowest BCUT2D eigenvalue weighted by molar-refractivity contribution is 0.213. The Labute approximate surface area is 120 Å². The minimum atomic E-state index is -2.91. The molecule has 0 aliphatic carbocycles. The first-order valence-electron chi connectivity index (χ1n) is 6.85. The molecule has 20 heavy (non-hydrogen) atoms. The summed E-state index contributed by atoms with van der Waals surface area (Å²) in [5.74, 6) is 1.28. The number of hydrogen-bond acceptors (Lipinski definition) is 5. The van der Waals surface area contributed by atoms with Crippen molar-refractivity contribution in [3.63, 3.8) is 0 Å². The van der Waals surface area contributed by atoms with Gasteiger partial charge in [0.15, 0.2) is 9.84 Å². The molecule has 0 aromatic heterocycles. The Morgan fingerprint density at radius 2 is 2.05 bits per heavy atom. The fraction of sp³-hybridized carbons (Fsp3) is 0.571. The molecule has 112 valence electrons. The number of para-hydroxylation sites is 1.